The second-order valence-electron chi connectivity index (χ2n) is 4.00. The lowest BCUT2D eigenvalue weighted by Crippen LogP contribution is -2.12. The topological polar surface area (TPSA) is 59.0 Å². The molecule has 2 N–H and O–H groups in total. The number of nitrogens with two attached hydrogens (primary N) is 1. The van der Waals surface area contributed by atoms with Crippen LogP contribution in [0.25, 0.3) is 0 Å². The third-order valence-electron chi connectivity index (χ3n) is 2.46. The van der Waals surface area contributed by atoms with Crippen molar-refractivity contribution in [2.75, 3.05) is 19.4 Å². The number of nitriles is 1. The first-order valence-corrected chi connectivity index (χ1v) is 6.71. The Balaban J connectivity index is 2.58. The Morgan fingerprint density at radius 1 is 1.53 bits per heavy atom. The molecule has 0 aliphatic rings. The number of rotatable bonds is 6. The van der Waals surface area contributed by atoms with Crippen LogP contribution in [0.2, 0.25) is 0 Å². The van der Waals surface area contributed by atoms with Crippen molar-refractivity contribution in [1.82, 2.24) is 0 Å². The summed E-state index contributed by atoms with van der Waals surface area (Å²) in [7, 11) is 1.58. The van der Waals surface area contributed by atoms with E-state index >= 15 is 0 Å². The molecule has 1 rings (SSSR count). The van der Waals surface area contributed by atoms with Gasteiger partial charge in [-0.05, 0) is 35.9 Å². The summed E-state index contributed by atoms with van der Waals surface area (Å²) >= 11 is 1.84. The van der Waals surface area contributed by atoms with Crippen molar-refractivity contribution in [2.24, 2.45) is 11.7 Å². The number of benzene rings is 1. The molecule has 0 bridgehead atoms. The van der Waals surface area contributed by atoms with Gasteiger partial charge in [0.1, 0.15) is 11.8 Å². The average Bonchev–Trinajstić information content (AvgIpc) is 2.38. The normalized spacial score (nSPS) is 11.9. The Labute approximate surface area is 107 Å². The molecule has 1 unspecified atom stereocenters. The number of ether oxygens (including phenoxy) is 1. The molecule has 0 aliphatic carbocycles. The van der Waals surface area contributed by atoms with Crippen molar-refractivity contribution in [2.45, 2.75) is 12.7 Å². The summed E-state index contributed by atoms with van der Waals surface area (Å²) in [5, 5.41) is 8.97. The molecule has 0 aromatic heterocycles. The second-order valence-corrected chi connectivity index (χ2v) is 5.03. The first kappa shape index (κ1) is 13.9. The summed E-state index contributed by atoms with van der Waals surface area (Å²) < 4.78 is 5.11. The van der Waals surface area contributed by atoms with Crippen LogP contribution >= 0.6 is 11.8 Å². The van der Waals surface area contributed by atoms with Gasteiger partial charge in [0.2, 0.25) is 0 Å². The van der Waals surface area contributed by atoms with Crippen LogP contribution in [-0.2, 0) is 5.75 Å². The highest BCUT2D eigenvalue weighted by Crippen LogP contribution is 2.22. The lowest BCUT2D eigenvalue weighted by Gasteiger charge is -2.08. The first-order chi connectivity index (χ1) is 8.21. The van der Waals surface area contributed by atoms with Crippen LogP contribution in [0.1, 0.15) is 18.1 Å². The number of methoxy groups -OCH3 is 1. The largest absolute Gasteiger partial charge is 0.495 e. The van der Waals surface area contributed by atoms with Gasteiger partial charge in [-0.1, -0.05) is 13.0 Å². The molecule has 0 amide bonds. The maximum Gasteiger partial charge on any atom is 0.136 e. The fourth-order valence-corrected chi connectivity index (χ4v) is 2.45. The van der Waals surface area contributed by atoms with Crippen molar-refractivity contribution >= 4 is 11.8 Å². The smallest absolute Gasteiger partial charge is 0.136 e. The van der Waals surface area contributed by atoms with Crippen LogP contribution in [-0.4, -0.2) is 19.4 Å². The van der Waals surface area contributed by atoms with Gasteiger partial charge in [0.15, 0.2) is 0 Å². The molecule has 1 aromatic carbocycles. The third kappa shape index (κ3) is 4.29. The van der Waals surface area contributed by atoms with Crippen molar-refractivity contribution in [3.63, 3.8) is 0 Å². The minimum atomic E-state index is 0.536. The minimum absolute atomic E-state index is 0.536. The molecular formula is C13H18N2OS. The van der Waals surface area contributed by atoms with Gasteiger partial charge in [-0.2, -0.15) is 17.0 Å². The summed E-state index contributed by atoms with van der Waals surface area (Å²) in [4.78, 5) is 0. The number of hydrogen-bond acceptors (Lipinski definition) is 4. The predicted octanol–water partition coefficient (Wildman–Crippen LogP) is 2.39. The molecule has 4 heteroatoms. The molecule has 0 aliphatic heterocycles. The van der Waals surface area contributed by atoms with E-state index in [1.165, 1.54) is 0 Å². The highest BCUT2D eigenvalue weighted by Gasteiger charge is 2.04. The van der Waals surface area contributed by atoms with E-state index < -0.39 is 0 Å². The summed E-state index contributed by atoms with van der Waals surface area (Å²) in [5.41, 5.74) is 7.31. The van der Waals surface area contributed by atoms with Crippen molar-refractivity contribution in [3.05, 3.63) is 29.3 Å². The van der Waals surface area contributed by atoms with E-state index in [0.29, 0.717) is 17.2 Å². The highest BCUT2D eigenvalue weighted by molar-refractivity contribution is 7.98. The number of nitrogens with zero attached hydrogens (tertiary/aromatic N) is 1. The average molecular weight is 250 g/mol. The minimum Gasteiger partial charge on any atom is -0.495 e. The molecule has 92 valence electrons. The quantitative estimate of drug-likeness (QED) is 0.842. The fourth-order valence-electron chi connectivity index (χ4n) is 1.38. The number of thioether (sulfide) groups is 1. The van der Waals surface area contributed by atoms with Crippen LogP contribution in [0.15, 0.2) is 18.2 Å². The Morgan fingerprint density at radius 3 is 2.88 bits per heavy atom. The molecular weight excluding hydrogens is 232 g/mol. The van der Waals surface area contributed by atoms with E-state index in [9.17, 15) is 0 Å². The second kappa shape index (κ2) is 7.21. The van der Waals surface area contributed by atoms with E-state index in [1.807, 2.05) is 30.0 Å². The summed E-state index contributed by atoms with van der Waals surface area (Å²) in [6, 6.07) is 7.88. The molecule has 0 heterocycles. The SMILES string of the molecule is COc1ccc(CSCC(C)CN)cc1C#N. The molecule has 0 spiro atoms. The molecule has 0 saturated carbocycles. The predicted molar refractivity (Wildman–Crippen MR) is 72.1 cm³/mol. The zero-order valence-electron chi connectivity index (χ0n) is 10.3. The molecule has 0 saturated heterocycles. The Hall–Kier alpha value is -1.18. The zero-order chi connectivity index (χ0) is 12.7. The fraction of sp³-hybridized carbons (Fsp3) is 0.462. The van der Waals surface area contributed by atoms with Gasteiger partial charge in [-0.3, -0.25) is 0 Å². The van der Waals surface area contributed by atoms with Gasteiger partial charge in [0, 0.05) is 5.75 Å². The summed E-state index contributed by atoms with van der Waals surface area (Å²) in [6.07, 6.45) is 0. The standard InChI is InChI=1S/C13H18N2OS/c1-10(6-14)8-17-9-11-3-4-13(16-2)12(5-11)7-15/h3-5,10H,6,8-9,14H2,1-2H3. The summed E-state index contributed by atoms with van der Waals surface area (Å²) in [6.45, 7) is 2.86. The van der Waals surface area contributed by atoms with Gasteiger partial charge in [-0.15, -0.1) is 0 Å². The van der Waals surface area contributed by atoms with Crippen LogP contribution in [0.4, 0.5) is 0 Å². The Kier molecular flexibility index (Phi) is 5.88. The lowest BCUT2D eigenvalue weighted by molar-refractivity contribution is 0.413. The molecule has 1 atom stereocenters. The van der Waals surface area contributed by atoms with E-state index in [4.69, 9.17) is 15.7 Å². The van der Waals surface area contributed by atoms with E-state index in [2.05, 4.69) is 13.0 Å². The third-order valence-corrected chi connectivity index (χ3v) is 3.80. The maximum atomic E-state index is 8.97. The van der Waals surface area contributed by atoms with Crippen LogP contribution in [0.5, 0.6) is 5.75 Å². The molecule has 17 heavy (non-hydrogen) atoms. The van der Waals surface area contributed by atoms with Crippen molar-refractivity contribution in [1.29, 1.82) is 5.26 Å². The molecule has 1 aromatic rings. The lowest BCUT2D eigenvalue weighted by atomic mass is 10.1. The van der Waals surface area contributed by atoms with Crippen molar-refractivity contribution < 1.29 is 4.74 Å². The highest BCUT2D eigenvalue weighted by atomic mass is 32.2. The van der Waals surface area contributed by atoms with Gasteiger partial charge >= 0.3 is 0 Å². The van der Waals surface area contributed by atoms with E-state index in [1.54, 1.807) is 7.11 Å². The monoisotopic (exact) mass is 250 g/mol. The van der Waals surface area contributed by atoms with Gasteiger partial charge in [-0.25, -0.2) is 0 Å². The maximum absolute atomic E-state index is 8.97. The Morgan fingerprint density at radius 2 is 2.29 bits per heavy atom. The molecule has 0 fully saturated rings. The van der Waals surface area contributed by atoms with Gasteiger partial charge in [0.05, 0.1) is 12.7 Å². The van der Waals surface area contributed by atoms with Crippen LogP contribution < -0.4 is 10.5 Å². The van der Waals surface area contributed by atoms with Gasteiger partial charge < -0.3 is 10.5 Å². The summed E-state index contributed by atoms with van der Waals surface area (Å²) in [5.74, 6) is 3.12. The number of hydrogen-bond donors (Lipinski definition) is 1. The van der Waals surface area contributed by atoms with Crippen LogP contribution in [0.3, 0.4) is 0 Å². The molecule has 0 radical (unpaired) electrons. The Bertz CT molecular complexity index is 401. The van der Waals surface area contributed by atoms with Gasteiger partial charge in [0.25, 0.3) is 0 Å². The first-order valence-electron chi connectivity index (χ1n) is 5.56. The van der Waals surface area contributed by atoms with E-state index in [0.717, 1.165) is 23.6 Å². The van der Waals surface area contributed by atoms with Crippen molar-refractivity contribution in [3.8, 4) is 11.8 Å². The van der Waals surface area contributed by atoms with E-state index in [-0.39, 0.29) is 0 Å². The molecule has 3 nitrogen and oxygen atoms in total. The zero-order valence-corrected chi connectivity index (χ0v) is 11.1. The van der Waals surface area contributed by atoms with Crippen LogP contribution in [0, 0.1) is 17.2 Å².